The Hall–Kier alpha value is -2.47. The molecule has 2 rings (SSSR count). The van der Waals surface area contributed by atoms with E-state index in [0.29, 0.717) is 6.61 Å². The molecule has 0 unspecified atom stereocenters. The number of nitrogens with one attached hydrogen (secondary N) is 2. The molecule has 0 saturated carbocycles. The van der Waals surface area contributed by atoms with Gasteiger partial charge in [0.05, 0.1) is 13.0 Å². The first kappa shape index (κ1) is 16.9. The lowest BCUT2D eigenvalue weighted by molar-refractivity contribution is -0.144. The summed E-state index contributed by atoms with van der Waals surface area (Å²) in [5.74, 6) is -0.716. The van der Waals surface area contributed by atoms with Crippen molar-refractivity contribution in [3.8, 4) is 0 Å². The fourth-order valence-electron chi connectivity index (χ4n) is 2.13. The van der Waals surface area contributed by atoms with Crippen LogP contribution in [0.4, 0.5) is 5.69 Å². The number of carbonyl (C=O) groups excluding carboxylic acids is 2. The van der Waals surface area contributed by atoms with Crippen molar-refractivity contribution in [1.29, 1.82) is 0 Å². The Morgan fingerprint density at radius 3 is 2.61 bits per heavy atom. The van der Waals surface area contributed by atoms with E-state index in [0.717, 1.165) is 16.5 Å². The van der Waals surface area contributed by atoms with Gasteiger partial charge in [0.2, 0.25) is 5.91 Å². The van der Waals surface area contributed by atoms with Crippen LogP contribution in [-0.2, 0) is 14.3 Å². The monoisotopic (exact) mass is 330 g/mol. The van der Waals surface area contributed by atoms with E-state index in [-0.39, 0.29) is 23.9 Å². The van der Waals surface area contributed by atoms with Crippen LogP contribution in [0.15, 0.2) is 42.5 Å². The first-order chi connectivity index (χ1) is 11.1. The molecule has 6 heteroatoms. The number of esters is 1. The predicted molar refractivity (Wildman–Crippen MR) is 94.2 cm³/mol. The van der Waals surface area contributed by atoms with Gasteiger partial charge in [-0.2, -0.15) is 0 Å². The first-order valence-electron chi connectivity index (χ1n) is 7.34. The summed E-state index contributed by atoms with van der Waals surface area (Å²) >= 11 is 5.15. The summed E-state index contributed by atoms with van der Waals surface area (Å²) in [7, 11) is 0. The fourth-order valence-corrected chi connectivity index (χ4v) is 2.35. The van der Waals surface area contributed by atoms with Crippen LogP contribution < -0.4 is 10.6 Å². The average Bonchev–Trinajstić information content (AvgIpc) is 2.53. The van der Waals surface area contributed by atoms with Gasteiger partial charge in [-0.25, -0.2) is 0 Å². The molecule has 0 aromatic heterocycles. The van der Waals surface area contributed by atoms with Crippen LogP contribution in [0.5, 0.6) is 0 Å². The number of benzene rings is 2. The Kier molecular flexibility index (Phi) is 6.05. The Morgan fingerprint density at radius 1 is 1.09 bits per heavy atom. The molecule has 0 aliphatic heterocycles. The second-order valence-electron chi connectivity index (χ2n) is 4.83. The van der Waals surface area contributed by atoms with Crippen molar-refractivity contribution < 1.29 is 14.3 Å². The van der Waals surface area contributed by atoms with Gasteiger partial charge in [0, 0.05) is 17.5 Å². The standard InChI is InChI=1S/C17H18N2O3S/c1-2-22-16(21)11-10-15(20)19-17(23)18-14-9-5-7-12-6-3-4-8-13(12)14/h3-9H,2,10-11H2,1H3,(H2,18,19,20,23). The maximum Gasteiger partial charge on any atom is 0.306 e. The van der Waals surface area contributed by atoms with Gasteiger partial charge in [0.15, 0.2) is 5.11 Å². The molecule has 0 fully saturated rings. The molecule has 0 radical (unpaired) electrons. The molecule has 23 heavy (non-hydrogen) atoms. The third-order valence-electron chi connectivity index (χ3n) is 3.15. The van der Waals surface area contributed by atoms with Crippen LogP contribution in [0.3, 0.4) is 0 Å². The Labute approximate surface area is 140 Å². The average molecular weight is 330 g/mol. The quantitative estimate of drug-likeness (QED) is 0.652. The Morgan fingerprint density at radius 2 is 1.83 bits per heavy atom. The molecule has 2 aromatic carbocycles. The van der Waals surface area contributed by atoms with Crippen molar-refractivity contribution in [2.45, 2.75) is 19.8 Å². The molecule has 120 valence electrons. The van der Waals surface area contributed by atoms with E-state index < -0.39 is 5.97 Å². The van der Waals surface area contributed by atoms with Crippen molar-refractivity contribution in [3.63, 3.8) is 0 Å². The summed E-state index contributed by atoms with van der Waals surface area (Å²) in [6, 6.07) is 13.7. The number of fused-ring (bicyclic) bond motifs is 1. The zero-order valence-corrected chi connectivity index (χ0v) is 13.6. The number of hydrogen-bond donors (Lipinski definition) is 2. The SMILES string of the molecule is CCOC(=O)CCC(=O)NC(=S)Nc1cccc2ccccc12. The molecule has 0 spiro atoms. The van der Waals surface area contributed by atoms with E-state index in [4.69, 9.17) is 17.0 Å². The van der Waals surface area contributed by atoms with Crippen LogP contribution in [0.2, 0.25) is 0 Å². The summed E-state index contributed by atoms with van der Waals surface area (Å²) in [4.78, 5) is 23.0. The van der Waals surface area contributed by atoms with Crippen LogP contribution in [-0.4, -0.2) is 23.6 Å². The minimum absolute atomic E-state index is 0.0379. The number of rotatable bonds is 5. The van der Waals surface area contributed by atoms with E-state index in [1.807, 2.05) is 42.5 Å². The minimum atomic E-state index is -0.393. The fraction of sp³-hybridized carbons (Fsp3) is 0.235. The zero-order chi connectivity index (χ0) is 16.7. The number of ether oxygens (including phenoxy) is 1. The van der Waals surface area contributed by atoms with Crippen LogP contribution in [0.25, 0.3) is 10.8 Å². The highest BCUT2D eigenvalue weighted by Crippen LogP contribution is 2.22. The third kappa shape index (κ3) is 5.03. The molecule has 1 amide bonds. The van der Waals surface area contributed by atoms with Gasteiger partial charge in [-0.05, 0) is 30.6 Å². The number of anilines is 1. The van der Waals surface area contributed by atoms with Crippen LogP contribution in [0.1, 0.15) is 19.8 Å². The maximum absolute atomic E-state index is 11.8. The lowest BCUT2D eigenvalue weighted by Crippen LogP contribution is -2.34. The van der Waals surface area contributed by atoms with Gasteiger partial charge < -0.3 is 15.4 Å². The maximum atomic E-state index is 11.8. The van der Waals surface area contributed by atoms with Gasteiger partial charge in [-0.1, -0.05) is 36.4 Å². The largest absolute Gasteiger partial charge is 0.466 e. The number of amides is 1. The Balaban J connectivity index is 1.91. The Bertz CT molecular complexity index is 725. The van der Waals surface area contributed by atoms with Crippen molar-refractivity contribution in [3.05, 3.63) is 42.5 Å². The number of hydrogen-bond acceptors (Lipinski definition) is 4. The molecule has 0 aliphatic carbocycles. The molecular formula is C17H18N2O3S. The molecule has 0 saturated heterocycles. The lowest BCUT2D eigenvalue weighted by atomic mass is 10.1. The van der Waals surface area contributed by atoms with E-state index in [1.54, 1.807) is 6.92 Å². The molecule has 0 atom stereocenters. The van der Waals surface area contributed by atoms with Gasteiger partial charge in [-0.3, -0.25) is 9.59 Å². The first-order valence-corrected chi connectivity index (χ1v) is 7.75. The van der Waals surface area contributed by atoms with Crippen molar-refractivity contribution in [2.24, 2.45) is 0 Å². The normalized spacial score (nSPS) is 10.1. The predicted octanol–water partition coefficient (Wildman–Crippen LogP) is 3.00. The molecular weight excluding hydrogens is 312 g/mol. The number of thiocarbonyl (C=S) groups is 1. The molecule has 0 aliphatic rings. The highest BCUT2D eigenvalue weighted by Gasteiger charge is 2.10. The summed E-state index contributed by atoms with van der Waals surface area (Å²) in [5.41, 5.74) is 0.818. The summed E-state index contributed by atoms with van der Waals surface area (Å²) < 4.78 is 4.77. The van der Waals surface area contributed by atoms with Crippen molar-refractivity contribution >= 4 is 45.7 Å². The summed E-state index contributed by atoms with van der Waals surface area (Å²) in [6.45, 7) is 2.03. The molecule has 0 heterocycles. The lowest BCUT2D eigenvalue weighted by Gasteiger charge is -2.11. The van der Waals surface area contributed by atoms with Crippen molar-refractivity contribution in [1.82, 2.24) is 5.32 Å². The van der Waals surface area contributed by atoms with E-state index in [2.05, 4.69) is 10.6 Å². The van der Waals surface area contributed by atoms with Crippen molar-refractivity contribution in [2.75, 3.05) is 11.9 Å². The van der Waals surface area contributed by atoms with Gasteiger partial charge in [0.1, 0.15) is 0 Å². The van der Waals surface area contributed by atoms with E-state index >= 15 is 0 Å². The van der Waals surface area contributed by atoms with Gasteiger partial charge >= 0.3 is 5.97 Å². The van der Waals surface area contributed by atoms with Crippen LogP contribution >= 0.6 is 12.2 Å². The molecule has 2 N–H and O–H groups in total. The zero-order valence-electron chi connectivity index (χ0n) is 12.8. The van der Waals surface area contributed by atoms with Gasteiger partial charge in [0.25, 0.3) is 0 Å². The van der Waals surface area contributed by atoms with E-state index in [1.165, 1.54) is 0 Å². The van der Waals surface area contributed by atoms with Crippen LogP contribution in [0, 0.1) is 0 Å². The number of carbonyl (C=O) groups is 2. The topological polar surface area (TPSA) is 67.4 Å². The molecule has 5 nitrogen and oxygen atoms in total. The van der Waals surface area contributed by atoms with Gasteiger partial charge in [-0.15, -0.1) is 0 Å². The molecule has 2 aromatic rings. The minimum Gasteiger partial charge on any atom is -0.466 e. The molecule has 0 bridgehead atoms. The highest BCUT2D eigenvalue weighted by molar-refractivity contribution is 7.80. The van der Waals surface area contributed by atoms with E-state index in [9.17, 15) is 9.59 Å². The second-order valence-corrected chi connectivity index (χ2v) is 5.24. The smallest absolute Gasteiger partial charge is 0.306 e. The highest BCUT2D eigenvalue weighted by atomic mass is 32.1. The summed E-state index contributed by atoms with van der Waals surface area (Å²) in [5, 5.41) is 7.87. The second kappa shape index (κ2) is 8.24. The third-order valence-corrected chi connectivity index (χ3v) is 3.36. The summed E-state index contributed by atoms with van der Waals surface area (Å²) in [6.07, 6.45) is 0.0761.